The molecule has 0 unspecified atom stereocenters. The maximum atomic E-state index is 11.0. The molecule has 0 aliphatic carbocycles. The van der Waals surface area contributed by atoms with Crippen LogP contribution in [0.3, 0.4) is 0 Å². The van der Waals surface area contributed by atoms with Crippen molar-refractivity contribution in [3.63, 3.8) is 0 Å². The zero-order valence-corrected chi connectivity index (χ0v) is 20.6. The zero-order valence-electron chi connectivity index (χ0n) is 20.6. The predicted octanol–water partition coefficient (Wildman–Crippen LogP) is 6.36. The monoisotopic (exact) mass is 460 g/mol. The van der Waals surface area contributed by atoms with E-state index in [1.54, 1.807) is 0 Å². The van der Waals surface area contributed by atoms with Gasteiger partial charge in [0.1, 0.15) is 11.5 Å². The number of ether oxygens (including phenoxy) is 2. The first-order valence-corrected chi connectivity index (χ1v) is 11.9. The Hall–Kier alpha value is -2.76. The fourth-order valence-corrected chi connectivity index (χ4v) is 3.32. The number of aliphatic carboxylic acids is 2. The molecule has 6 heteroatoms. The highest BCUT2D eigenvalue weighted by Gasteiger charge is 2.15. The molecular weight excluding hydrogens is 420 g/mol. The van der Waals surface area contributed by atoms with Crippen LogP contribution in [-0.2, 0) is 22.4 Å². The van der Waals surface area contributed by atoms with Crippen LogP contribution in [0.1, 0.15) is 83.8 Å². The Morgan fingerprint density at radius 1 is 0.879 bits per heavy atom. The molecule has 0 bridgehead atoms. The van der Waals surface area contributed by atoms with Gasteiger partial charge in [0.15, 0.2) is 0 Å². The molecule has 0 fully saturated rings. The lowest BCUT2D eigenvalue weighted by atomic mass is 10.00. The van der Waals surface area contributed by atoms with Gasteiger partial charge in [-0.3, -0.25) is 9.59 Å². The van der Waals surface area contributed by atoms with Crippen LogP contribution in [0.5, 0.6) is 11.5 Å². The number of hydrogen-bond donors (Lipinski definition) is 2. The van der Waals surface area contributed by atoms with Gasteiger partial charge in [0.2, 0.25) is 0 Å². The average molecular weight is 461 g/mol. The third-order valence-corrected chi connectivity index (χ3v) is 5.19. The minimum absolute atomic E-state index is 0.0680. The van der Waals surface area contributed by atoms with Crippen molar-refractivity contribution in [2.45, 2.75) is 85.5 Å². The molecule has 0 amide bonds. The summed E-state index contributed by atoms with van der Waals surface area (Å²) in [7, 11) is 0. The molecule has 0 heterocycles. The lowest BCUT2D eigenvalue weighted by Gasteiger charge is -2.18. The second-order valence-corrected chi connectivity index (χ2v) is 8.59. The molecule has 0 saturated heterocycles. The van der Waals surface area contributed by atoms with Gasteiger partial charge in [-0.1, -0.05) is 43.1 Å². The number of aryl methyl sites for hydroxylation is 1. The molecule has 33 heavy (non-hydrogen) atoms. The smallest absolute Gasteiger partial charge is 0.306 e. The topological polar surface area (TPSA) is 93.1 Å². The molecule has 0 aliphatic rings. The van der Waals surface area contributed by atoms with Crippen LogP contribution in [0.15, 0.2) is 35.4 Å². The molecule has 1 rings (SSSR count). The third kappa shape index (κ3) is 12.8. The quantitative estimate of drug-likeness (QED) is 0.207. The number of hydrogen-bond acceptors (Lipinski definition) is 4. The second-order valence-electron chi connectivity index (χ2n) is 8.59. The summed E-state index contributed by atoms with van der Waals surface area (Å²) in [4.78, 5) is 22.0. The molecule has 0 aromatic heterocycles. The van der Waals surface area contributed by atoms with Gasteiger partial charge in [-0.2, -0.15) is 0 Å². The predicted molar refractivity (Wildman–Crippen MR) is 131 cm³/mol. The van der Waals surface area contributed by atoms with E-state index in [-0.39, 0.29) is 26.1 Å². The average Bonchev–Trinajstić information content (AvgIpc) is 2.72. The lowest BCUT2D eigenvalue weighted by molar-refractivity contribution is -0.138. The lowest BCUT2D eigenvalue weighted by Crippen LogP contribution is -2.10. The number of allylic oxidation sites excluding steroid dienone is 4. The fraction of sp³-hybridized carbons (Fsp3) is 0.556. The number of benzene rings is 1. The van der Waals surface area contributed by atoms with Crippen molar-refractivity contribution in [3.05, 3.63) is 46.6 Å². The summed E-state index contributed by atoms with van der Waals surface area (Å²) < 4.78 is 11.8. The number of carboxylic acids is 2. The van der Waals surface area contributed by atoms with Crippen molar-refractivity contribution in [1.29, 1.82) is 0 Å². The van der Waals surface area contributed by atoms with Gasteiger partial charge in [0.05, 0.1) is 26.1 Å². The highest BCUT2D eigenvalue weighted by Crippen LogP contribution is 2.33. The Morgan fingerprint density at radius 2 is 1.45 bits per heavy atom. The van der Waals surface area contributed by atoms with Crippen molar-refractivity contribution in [2.24, 2.45) is 0 Å². The van der Waals surface area contributed by atoms with E-state index < -0.39 is 11.9 Å². The van der Waals surface area contributed by atoms with E-state index in [0.717, 1.165) is 49.7 Å². The Bertz CT molecular complexity index is 777. The molecule has 0 aliphatic heterocycles. The van der Waals surface area contributed by atoms with E-state index in [9.17, 15) is 9.59 Å². The van der Waals surface area contributed by atoms with Gasteiger partial charge < -0.3 is 19.7 Å². The van der Waals surface area contributed by atoms with Gasteiger partial charge in [0, 0.05) is 5.56 Å². The Kier molecular flexibility index (Phi) is 13.7. The molecule has 184 valence electrons. The summed E-state index contributed by atoms with van der Waals surface area (Å²) in [6, 6.07) is 3.95. The third-order valence-electron chi connectivity index (χ3n) is 5.19. The summed E-state index contributed by atoms with van der Waals surface area (Å²) in [5.41, 5.74) is 4.41. The minimum atomic E-state index is -0.913. The van der Waals surface area contributed by atoms with Gasteiger partial charge in [-0.15, -0.1) is 0 Å². The molecule has 1 aromatic rings. The van der Waals surface area contributed by atoms with Gasteiger partial charge in [0.25, 0.3) is 0 Å². The summed E-state index contributed by atoms with van der Waals surface area (Å²) in [6.07, 6.45) is 10.8. The largest absolute Gasteiger partial charge is 0.493 e. The Labute approximate surface area is 198 Å². The molecule has 0 saturated carbocycles. The Morgan fingerprint density at radius 3 is 1.94 bits per heavy atom. The highest BCUT2D eigenvalue weighted by atomic mass is 16.5. The van der Waals surface area contributed by atoms with E-state index in [2.05, 4.69) is 39.8 Å². The molecule has 2 N–H and O–H groups in total. The Balaban J connectivity index is 3.19. The summed E-state index contributed by atoms with van der Waals surface area (Å²) in [6.45, 7) is 8.55. The minimum Gasteiger partial charge on any atom is -0.493 e. The van der Waals surface area contributed by atoms with E-state index in [1.165, 1.54) is 11.1 Å². The number of carboxylic acid groups (broad SMARTS) is 2. The first-order chi connectivity index (χ1) is 15.7. The van der Waals surface area contributed by atoms with E-state index in [0.29, 0.717) is 17.9 Å². The van der Waals surface area contributed by atoms with Crippen LogP contribution in [0.2, 0.25) is 0 Å². The highest BCUT2D eigenvalue weighted by molar-refractivity contribution is 5.67. The molecular formula is C27H40O6. The molecule has 0 spiro atoms. The molecule has 0 radical (unpaired) electrons. The zero-order chi connectivity index (χ0) is 24.6. The van der Waals surface area contributed by atoms with Gasteiger partial charge >= 0.3 is 11.9 Å². The van der Waals surface area contributed by atoms with Crippen molar-refractivity contribution >= 4 is 11.9 Å². The van der Waals surface area contributed by atoms with Crippen LogP contribution in [0.25, 0.3) is 0 Å². The maximum Gasteiger partial charge on any atom is 0.306 e. The van der Waals surface area contributed by atoms with Gasteiger partial charge in [-0.05, 0) is 70.6 Å². The second kappa shape index (κ2) is 15.9. The number of carbonyl (C=O) groups is 2. The summed E-state index contributed by atoms with van der Waals surface area (Å²) in [5, 5.41) is 18.0. The van der Waals surface area contributed by atoms with Crippen LogP contribution < -0.4 is 9.47 Å². The van der Waals surface area contributed by atoms with E-state index >= 15 is 0 Å². The van der Waals surface area contributed by atoms with Crippen LogP contribution in [-0.4, -0.2) is 35.4 Å². The fourth-order valence-electron chi connectivity index (χ4n) is 3.32. The van der Waals surface area contributed by atoms with E-state index in [1.807, 2.05) is 12.1 Å². The van der Waals surface area contributed by atoms with Gasteiger partial charge in [-0.25, -0.2) is 0 Å². The standard InChI is InChI=1S/C27H40O6/c1-5-6-7-11-22-18-24(32-16-14-26(28)29)23(25(19-22)33-17-15-27(30)31)13-12-21(4)10-8-9-20(2)3/h9,12,18-19H,5-8,10-11,13-17H2,1-4H3,(H,28,29)(H,30,31). The number of unbranched alkanes of at least 4 members (excludes halogenated alkanes) is 2. The van der Waals surface area contributed by atoms with Crippen LogP contribution in [0, 0.1) is 0 Å². The SMILES string of the molecule is CCCCCc1cc(OCCC(=O)O)c(CC=C(C)CCC=C(C)C)c(OCCC(=O)O)c1. The molecule has 0 atom stereocenters. The summed E-state index contributed by atoms with van der Waals surface area (Å²) >= 11 is 0. The van der Waals surface area contributed by atoms with Crippen LogP contribution in [0.4, 0.5) is 0 Å². The van der Waals surface area contributed by atoms with Crippen molar-refractivity contribution in [2.75, 3.05) is 13.2 Å². The maximum absolute atomic E-state index is 11.0. The van der Waals surface area contributed by atoms with Crippen molar-refractivity contribution < 1.29 is 29.3 Å². The first kappa shape index (κ1) is 28.3. The van der Waals surface area contributed by atoms with E-state index in [4.69, 9.17) is 19.7 Å². The van der Waals surface area contributed by atoms with Crippen LogP contribution >= 0.6 is 0 Å². The molecule has 6 nitrogen and oxygen atoms in total. The summed E-state index contributed by atoms with van der Waals surface area (Å²) in [5.74, 6) is -0.597. The first-order valence-electron chi connectivity index (χ1n) is 11.9. The normalized spacial score (nSPS) is 11.2. The van der Waals surface area contributed by atoms with Crippen molar-refractivity contribution in [1.82, 2.24) is 0 Å². The molecule has 1 aromatic carbocycles. The number of rotatable bonds is 17. The van der Waals surface area contributed by atoms with Crippen molar-refractivity contribution in [3.8, 4) is 11.5 Å².